The molecule has 0 aliphatic carbocycles. The first-order valence-electron chi connectivity index (χ1n) is 8.14. The van der Waals surface area contributed by atoms with Gasteiger partial charge in [0.05, 0.1) is 33.2 Å². The third-order valence-electron chi connectivity index (χ3n) is 3.96. The molecule has 0 aliphatic heterocycles. The zero-order chi connectivity index (χ0) is 22.8. The Balaban J connectivity index is 0.00000363. The summed E-state index contributed by atoms with van der Waals surface area (Å²) < 4.78 is 74.9. The Kier molecular flexibility index (Phi) is 13.4. The number of benzene rings is 3. The van der Waals surface area contributed by atoms with E-state index < -0.39 is 30.0 Å². The smallest absolute Gasteiger partial charge is 0.744 e. The van der Waals surface area contributed by atoms with Crippen LogP contribution in [0.2, 0.25) is 0 Å². The first-order chi connectivity index (χ1) is 14.5. The third-order valence-corrected chi connectivity index (χ3v) is 6.27. The predicted octanol–water partition coefficient (Wildman–Crippen LogP) is -6.39. The normalized spacial score (nSPS) is 11.5. The van der Waals surface area contributed by atoms with E-state index in [9.17, 15) is 31.2 Å². The van der Waals surface area contributed by atoms with Crippen molar-refractivity contribution in [2.45, 2.75) is 21.6 Å². The van der Waals surface area contributed by atoms with E-state index in [1.807, 2.05) is 6.92 Å². The molecule has 0 aliphatic rings. The van der Waals surface area contributed by atoms with Gasteiger partial charge >= 0.3 is 56.6 Å². The van der Waals surface area contributed by atoms with Gasteiger partial charge in [0, 0.05) is 15.7 Å². The number of nitrogens with zero attached hydrogens (tertiary/aromatic N) is 2. The summed E-state index contributed by atoms with van der Waals surface area (Å²) in [6.45, 7) is 1.86. The van der Waals surface area contributed by atoms with E-state index in [1.165, 1.54) is 0 Å². The molecule has 0 amide bonds. The second kappa shape index (κ2) is 13.6. The second-order valence-electron chi connectivity index (χ2n) is 6.12. The minimum Gasteiger partial charge on any atom is -0.744 e. The van der Waals surface area contributed by atoms with E-state index in [0.29, 0.717) is 5.69 Å². The molecular formula is C17H11Li3N2O9S3. The SMILES string of the molecule is Cc1ccc(N=Nc2cc(S(=O)(=O)[O-])c3cc(SOO[O-])cc(S(=O)(=O)[O-])c3c2)cc1.[Li+].[Li+].[Li+]. The fourth-order valence-corrected chi connectivity index (χ4v) is 4.58. The van der Waals surface area contributed by atoms with Crippen molar-refractivity contribution in [3.05, 3.63) is 54.1 Å². The zero-order valence-corrected chi connectivity index (χ0v) is 20.9. The second-order valence-corrected chi connectivity index (χ2v) is 9.59. The van der Waals surface area contributed by atoms with Crippen LogP contribution in [0.5, 0.6) is 0 Å². The number of azo groups is 1. The summed E-state index contributed by atoms with van der Waals surface area (Å²) in [6, 6.07) is 10.7. The van der Waals surface area contributed by atoms with Crippen LogP contribution in [-0.2, 0) is 29.6 Å². The van der Waals surface area contributed by atoms with Gasteiger partial charge in [0.1, 0.15) is 20.2 Å². The summed E-state index contributed by atoms with van der Waals surface area (Å²) in [6.07, 6.45) is 0. The summed E-state index contributed by atoms with van der Waals surface area (Å²) in [5.74, 6) is 0. The van der Waals surface area contributed by atoms with Gasteiger partial charge < -0.3 is 14.4 Å². The van der Waals surface area contributed by atoms with Gasteiger partial charge in [-0.15, -0.1) is 0 Å². The number of hydrogen-bond acceptors (Lipinski definition) is 12. The molecule has 0 saturated carbocycles. The molecule has 0 N–H and O–H groups in total. The topological polar surface area (TPSA) is 181 Å². The van der Waals surface area contributed by atoms with Crippen molar-refractivity contribution in [1.82, 2.24) is 0 Å². The molecule has 0 radical (unpaired) electrons. The first-order valence-corrected chi connectivity index (χ1v) is 11.7. The summed E-state index contributed by atoms with van der Waals surface area (Å²) in [5, 5.41) is 20.2. The predicted molar refractivity (Wildman–Crippen MR) is 103 cm³/mol. The summed E-state index contributed by atoms with van der Waals surface area (Å²) in [7, 11) is -10.3. The average molecular weight is 504 g/mol. The fourth-order valence-electron chi connectivity index (χ4n) is 2.66. The Hall–Kier alpha value is -0.638. The average Bonchev–Trinajstić information content (AvgIpc) is 2.69. The third kappa shape index (κ3) is 8.49. The monoisotopic (exact) mass is 504 g/mol. The van der Waals surface area contributed by atoms with Crippen LogP contribution in [0.3, 0.4) is 0 Å². The van der Waals surface area contributed by atoms with E-state index in [1.54, 1.807) is 24.3 Å². The van der Waals surface area contributed by atoms with Gasteiger partial charge in [0.2, 0.25) is 0 Å². The molecule has 3 aromatic carbocycles. The Morgan fingerprint density at radius 3 is 1.79 bits per heavy atom. The largest absolute Gasteiger partial charge is 1.00 e. The van der Waals surface area contributed by atoms with Gasteiger partial charge in [-0.25, -0.2) is 16.8 Å². The zero-order valence-electron chi connectivity index (χ0n) is 18.4. The van der Waals surface area contributed by atoms with Gasteiger partial charge in [0.15, 0.2) is 0 Å². The molecule has 0 unspecified atom stereocenters. The van der Waals surface area contributed by atoms with E-state index in [2.05, 4.69) is 19.6 Å². The number of fused-ring (bicyclic) bond motifs is 1. The first kappa shape index (κ1) is 33.4. The molecule has 3 rings (SSSR count). The van der Waals surface area contributed by atoms with Gasteiger partial charge in [-0.2, -0.15) is 14.6 Å². The molecule has 0 atom stereocenters. The van der Waals surface area contributed by atoms with E-state index in [0.717, 1.165) is 29.8 Å². The number of hydrogen-bond donors (Lipinski definition) is 0. The minimum atomic E-state index is -5.13. The Labute approximate surface area is 235 Å². The van der Waals surface area contributed by atoms with Crippen molar-refractivity contribution in [2.75, 3.05) is 0 Å². The molecule has 0 spiro atoms. The van der Waals surface area contributed by atoms with Gasteiger partial charge in [-0.1, -0.05) is 17.7 Å². The van der Waals surface area contributed by atoms with Crippen LogP contribution < -0.4 is 61.8 Å². The molecule has 34 heavy (non-hydrogen) atoms. The molecule has 17 heteroatoms. The van der Waals surface area contributed by atoms with Crippen LogP contribution in [0.1, 0.15) is 5.56 Å². The van der Waals surface area contributed by atoms with Crippen LogP contribution >= 0.6 is 12.0 Å². The van der Waals surface area contributed by atoms with Crippen molar-refractivity contribution < 1.29 is 97.2 Å². The van der Waals surface area contributed by atoms with Gasteiger partial charge in [0.25, 0.3) is 0 Å². The minimum absolute atomic E-state index is 0. The van der Waals surface area contributed by atoms with Crippen LogP contribution in [0.15, 0.2) is 73.4 Å². The van der Waals surface area contributed by atoms with Crippen molar-refractivity contribution >= 4 is 54.4 Å². The van der Waals surface area contributed by atoms with Crippen LogP contribution in [0.25, 0.3) is 10.8 Å². The molecule has 0 heterocycles. The van der Waals surface area contributed by atoms with E-state index in [-0.39, 0.29) is 90.0 Å². The van der Waals surface area contributed by atoms with Crippen LogP contribution in [0, 0.1) is 6.92 Å². The summed E-state index contributed by atoms with van der Waals surface area (Å²) >= 11 is 0.221. The summed E-state index contributed by atoms with van der Waals surface area (Å²) in [5.41, 5.74) is 1.21. The number of aryl methyl sites for hydroxylation is 1. The fraction of sp³-hybridized carbons (Fsp3) is 0.0588. The molecule has 0 fully saturated rings. The van der Waals surface area contributed by atoms with Crippen LogP contribution in [-0.4, -0.2) is 25.9 Å². The maximum Gasteiger partial charge on any atom is 1.00 e. The van der Waals surface area contributed by atoms with Crippen molar-refractivity contribution in [3.63, 3.8) is 0 Å². The molecular weight excluding hydrogens is 493 g/mol. The summed E-state index contributed by atoms with van der Waals surface area (Å²) in [4.78, 5) is -1.85. The molecule has 3 aromatic rings. The molecule has 11 nitrogen and oxygen atoms in total. The Morgan fingerprint density at radius 1 is 0.765 bits per heavy atom. The van der Waals surface area contributed by atoms with Crippen molar-refractivity contribution in [3.8, 4) is 0 Å². The van der Waals surface area contributed by atoms with Crippen molar-refractivity contribution in [1.29, 1.82) is 0 Å². The Morgan fingerprint density at radius 2 is 1.26 bits per heavy atom. The number of rotatable bonds is 7. The van der Waals surface area contributed by atoms with E-state index in [4.69, 9.17) is 0 Å². The van der Waals surface area contributed by atoms with Crippen LogP contribution in [0.4, 0.5) is 11.4 Å². The molecule has 164 valence electrons. The van der Waals surface area contributed by atoms with Crippen molar-refractivity contribution in [2.24, 2.45) is 10.2 Å². The van der Waals surface area contributed by atoms with Gasteiger partial charge in [-0.05, 0) is 43.3 Å². The standard InChI is InChI=1S/C17H14N2O9S3.3Li/c1-10-2-4-11(5-3-10)18-19-12-6-14-15(16(7-12)30(21,22)23)8-13(29-28-27-20)9-17(14)31(24,25)26;;;/h2-9,20H,1H3,(H,21,22,23)(H,24,25,26);;;/q;3*+1/p-3. The Bertz CT molecular complexity index is 1380. The van der Waals surface area contributed by atoms with Gasteiger partial charge in [-0.3, -0.25) is 5.04 Å². The quantitative estimate of drug-likeness (QED) is 0.0750. The maximum absolute atomic E-state index is 11.8. The molecule has 0 aromatic heterocycles. The molecule has 0 bridgehead atoms. The molecule has 0 saturated heterocycles. The maximum atomic E-state index is 11.8. The van der Waals surface area contributed by atoms with E-state index >= 15 is 0 Å².